The largest absolute Gasteiger partial charge is 0.361 e. The maximum atomic E-state index is 13.4. The molecule has 0 aromatic heterocycles. The lowest BCUT2D eigenvalue weighted by molar-refractivity contribution is -0.415. The first kappa shape index (κ1) is 13.8. The Bertz CT molecular complexity index is 361. The van der Waals surface area contributed by atoms with E-state index in [0.29, 0.717) is 12.8 Å². The molecule has 96 valence electrons. The van der Waals surface area contributed by atoms with Gasteiger partial charge in [-0.15, -0.1) is 0 Å². The molecule has 3 N–H and O–H groups in total. The summed E-state index contributed by atoms with van der Waals surface area (Å²) in [5.74, 6) is -3.04. The van der Waals surface area contributed by atoms with Gasteiger partial charge < -0.3 is 16.0 Å². The van der Waals surface area contributed by atoms with Gasteiger partial charge in [0.1, 0.15) is 0 Å². The average molecular weight is 269 g/mol. The molecule has 0 spiro atoms. The highest BCUT2D eigenvalue weighted by Crippen LogP contribution is 2.24. The van der Waals surface area contributed by atoms with Crippen molar-refractivity contribution in [2.75, 3.05) is 13.1 Å². The highest BCUT2D eigenvalue weighted by molar-refractivity contribution is 6.30. The predicted octanol–water partition coefficient (Wildman–Crippen LogP) is 0.907. The molecule has 0 aromatic rings. The van der Waals surface area contributed by atoms with Crippen LogP contribution in [-0.2, 0) is 0 Å². The summed E-state index contributed by atoms with van der Waals surface area (Å²) in [6, 6.07) is -1.27. The van der Waals surface area contributed by atoms with E-state index < -0.39 is 34.3 Å². The highest BCUT2D eigenvalue weighted by atomic mass is 35.5. The van der Waals surface area contributed by atoms with Crippen LogP contribution in [-0.4, -0.2) is 36.2 Å². The number of hydrogen-bond donors (Lipinski definition) is 3. The molecule has 6 nitrogen and oxygen atoms in total. The van der Waals surface area contributed by atoms with Gasteiger partial charge >= 0.3 is 5.70 Å². The smallest absolute Gasteiger partial charge is 0.321 e. The maximum absolute atomic E-state index is 13.4. The van der Waals surface area contributed by atoms with E-state index in [1.807, 2.05) is 0 Å². The van der Waals surface area contributed by atoms with Crippen LogP contribution in [0.3, 0.4) is 0 Å². The number of piperidine rings is 1. The number of allylic oxidation sites excluding steroid dienone is 1. The van der Waals surface area contributed by atoms with Gasteiger partial charge in [-0.1, -0.05) is 11.6 Å². The Hall–Kier alpha value is -1.28. The molecule has 0 radical (unpaired) electrons. The molecule has 0 aromatic carbocycles. The third kappa shape index (κ3) is 3.34. The van der Waals surface area contributed by atoms with Crippen molar-refractivity contribution in [3.8, 4) is 0 Å². The van der Waals surface area contributed by atoms with Gasteiger partial charge in [-0.25, -0.2) is 8.78 Å². The quantitative estimate of drug-likeness (QED) is 0.306. The summed E-state index contributed by atoms with van der Waals surface area (Å²) < 4.78 is 26.7. The summed E-state index contributed by atoms with van der Waals surface area (Å²) in [5.41, 5.74) is -0.735. The molecule has 1 fully saturated rings. The molecule has 1 heterocycles. The van der Waals surface area contributed by atoms with Gasteiger partial charge in [-0.2, -0.15) is 0 Å². The van der Waals surface area contributed by atoms with Crippen LogP contribution in [0.15, 0.2) is 10.9 Å². The summed E-state index contributed by atoms with van der Waals surface area (Å²) in [4.78, 5) is 9.55. The fraction of sp³-hybridized carbons (Fsp3) is 0.625. The Balaban J connectivity index is 2.82. The summed E-state index contributed by atoms with van der Waals surface area (Å²) in [6.45, 7) is -0.136. The third-order valence-corrected chi connectivity index (χ3v) is 2.64. The summed E-state index contributed by atoms with van der Waals surface area (Å²) in [6.07, 6.45) is 0.501. The molecule has 1 aliphatic rings. The van der Waals surface area contributed by atoms with Crippen molar-refractivity contribution in [2.45, 2.75) is 18.4 Å². The van der Waals surface area contributed by atoms with Crippen LogP contribution in [0.2, 0.25) is 0 Å². The maximum Gasteiger partial charge on any atom is 0.321 e. The van der Waals surface area contributed by atoms with Crippen molar-refractivity contribution in [1.82, 2.24) is 10.6 Å². The van der Waals surface area contributed by atoms with Crippen molar-refractivity contribution in [3.63, 3.8) is 0 Å². The highest BCUT2D eigenvalue weighted by Gasteiger charge is 2.42. The van der Waals surface area contributed by atoms with Gasteiger partial charge in [0.2, 0.25) is 0 Å². The van der Waals surface area contributed by atoms with Crippen LogP contribution in [0.1, 0.15) is 6.42 Å². The Morgan fingerprint density at radius 3 is 2.82 bits per heavy atom. The Morgan fingerprint density at radius 2 is 2.35 bits per heavy atom. The van der Waals surface area contributed by atoms with Gasteiger partial charge in [0.25, 0.3) is 5.92 Å². The summed E-state index contributed by atoms with van der Waals surface area (Å²) in [5, 5.41) is 21.4. The van der Waals surface area contributed by atoms with Crippen LogP contribution in [0.4, 0.5) is 8.78 Å². The molecule has 0 amide bonds. The average Bonchev–Trinajstić information content (AvgIpc) is 2.21. The van der Waals surface area contributed by atoms with Gasteiger partial charge in [0, 0.05) is 0 Å². The predicted molar refractivity (Wildman–Crippen MR) is 58.0 cm³/mol. The molecule has 1 atom stereocenters. The van der Waals surface area contributed by atoms with Crippen molar-refractivity contribution < 1.29 is 13.7 Å². The van der Waals surface area contributed by atoms with E-state index in [1.54, 1.807) is 0 Å². The number of nitrogens with one attached hydrogen (secondary N) is 3. The molecule has 1 aliphatic heterocycles. The lowest BCUT2D eigenvalue weighted by atomic mass is 10.0. The minimum absolute atomic E-state index is 0.0895. The first-order chi connectivity index (χ1) is 7.88. The van der Waals surface area contributed by atoms with Gasteiger partial charge in [0.15, 0.2) is 5.16 Å². The number of alkyl halides is 2. The Labute approximate surface area is 101 Å². The zero-order chi connectivity index (χ0) is 13.1. The van der Waals surface area contributed by atoms with Gasteiger partial charge in [-0.3, -0.25) is 10.1 Å². The van der Waals surface area contributed by atoms with Crippen LogP contribution < -0.4 is 10.6 Å². The van der Waals surface area contributed by atoms with Crippen LogP contribution >= 0.6 is 11.6 Å². The molecular weight excluding hydrogens is 258 g/mol. The SMILES string of the molecule is N=C/C(=C(/Cl)NC1CCNCC1(F)F)[N+](=O)[O-]. The molecule has 0 aliphatic carbocycles. The second-order valence-electron chi connectivity index (χ2n) is 3.52. The summed E-state index contributed by atoms with van der Waals surface area (Å²) >= 11 is 5.52. The van der Waals surface area contributed by atoms with Gasteiger partial charge in [-0.05, 0) is 13.0 Å². The number of nitro groups is 1. The van der Waals surface area contributed by atoms with E-state index in [0.717, 1.165) is 0 Å². The third-order valence-electron chi connectivity index (χ3n) is 2.34. The van der Waals surface area contributed by atoms with E-state index in [2.05, 4.69) is 10.6 Å². The Morgan fingerprint density at radius 1 is 1.71 bits per heavy atom. The topological polar surface area (TPSA) is 91.1 Å². The fourth-order valence-electron chi connectivity index (χ4n) is 1.44. The number of hydrogen-bond acceptors (Lipinski definition) is 5. The van der Waals surface area contributed by atoms with E-state index in [9.17, 15) is 18.9 Å². The Kier molecular flexibility index (Phi) is 4.35. The second-order valence-corrected chi connectivity index (χ2v) is 3.90. The molecule has 0 bridgehead atoms. The minimum atomic E-state index is -3.04. The van der Waals surface area contributed by atoms with E-state index in [4.69, 9.17) is 17.0 Å². The van der Waals surface area contributed by atoms with E-state index >= 15 is 0 Å². The second kappa shape index (κ2) is 5.37. The molecule has 9 heteroatoms. The first-order valence-electron chi connectivity index (χ1n) is 4.78. The van der Waals surface area contributed by atoms with Crippen LogP contribution in [0.25, 0.3) is 0 Å². The van der Waals surface area contributed by atoms with Crippen molar-refractivity contribution in [1.29, 1.82) is 5.41 Å². The zero-order valence-corrected chi connectivity index (χ0v) is 9.43. The normalized spacial score (nSPS) is 24.8. The molecule has 1 rings (SSSR count). The van der Waals surface area contributed by atoms with Crippen molar-refractivity contribution >= 4 is 17.8 Å². The molecule has 17 heavy (non-hydrogen) atoms. The van der Waals surface area contributed by atoms with Crippen molar-refractivity contribution in [3.05, 3.63) is 21.0 Å². The molecule has 1 saturated heterocycles. The first-order valence-corrected chi connectivity index (χ1v) is 5.16. The molecular formula is C8H11ClF2N4O2. The number of rotatable bonds is 4. The molecule has 0 saturated carbocycles. The van der Waals surface area contributed by atoms with Crippen LogP contribution in [0, 0.1) is 15.5 Å². The van der Waals surface area contributed by atoms with Gasteiger partial charge in [0.05, 0.1) is 23.7 Å². The van der Waals surface area contributed by atoms with Crippen molar-refractivity contribution in [2.24, 2.45) is 0 Å². The summed E-state index contributed by atoms with van der Waals surface area (Å²) in [7, 11) is 0. The monoisotopic (exact) mass is 268 g/mol. The minimum Gasteiger partial charge on any atom is -0.361 e. The number of nitrogens with zero attached hydrogens (tertiary/aromatic N) is 1. The zero-order valence-electron chi connectivity index (χ0n) is 8.67. The lowest BCUT2D eigenvalue weighted by Crippen LogP contribution is -2.55. The van der Waals surface area contributed by atoms with Crippen LogP contribution in [0.5, 0.6) is 0 Å². The fourth-order valence-corrected chi connectivity index (χ4v) is 1.69. The van der Waals surface area contributed by atoms with E-state index in [-0.39, 0.29) is 6.42 Å². The van der Waals surface area contributed by atoms with E-state index in [1.165, 1.54) is 0 Å². The molecule has 1 unspecified atom stereocenters. The number of halogens is 3. The lowest BCUT2D eigenvalue weighted by Gasteiger charge is -2.32. The standard InChI is InChI=1S/C8H11ClF2N4O2/c9-7(5(3-12)15(16)17)14-6-1-2-13-4-8(6,10)11/h3,6,12-14H,1-2,4H2/b7-5+,12-3?.